The van der Waals surface area contributed by atoms with Gasteiger partial charge >= 0.3 is 0 Å². The van der Waals surface area contributed by atoms with Gasteiger partial charge in [-0.15, -0.1) is 0 Å². The molecule has 2 fully saturated rings. The summed E-state index contributed by atoms with van der Waals surface area (Å²) in [7, 11) is 4.15. The third kappa shape index (κ3) is 3.75. The number of likely N-dealkylation sites (N-methyl/N-ethyl adjacent to an activating group) is 1. The molecule has 2 aliphatic heterocycles. The second-order valence-corrected chi connectivity index (χ2v) is 11.4. The Hall–Kier alpha value is -2.79. The van der Waals surface area contributed by atoms with E-state index in [0.717, 1.165) is 49.8 Å². The van der Waals surface area contributed by atoms with Crippen molar-refractivity contribution in [2.45, 2.75) is 12.5 Å². The fourth-order valence-corrected chi connectivity index (χ4v) is 6.10. The van der Waals surface area contributed by atoms with Crippen LogP contribution in [0, 0.1) is 5.82 Å². The number of nitrogens with two attached hydrogens (primary N) is 1. The summed E-state index contributed by atoms with van der Waals surface area (Å²) in [6, 6.07) is 7.42. The second-order valence-electron chi connectivity index (χ2n) is 9.98. The highest BCUT2D eigenvalue weighted by Gasteiger charge is 2.42. The lowest BCUT2D eigenvalue weighted by Gasteiger charge is -2.52. The molecular weight excluding hydrogens is 499 g/mol. The molecule has 0 spiro atoms. The molecule has 36 heavy (non-hydrogen) atoms. The molecule has 2 aliphatic rings. The van der Waals surface area contributed by atoms with Crippen LogP contribution in [-0.4, -0.2) is 78.8 Å². The number of hydrogen-bond acceptors (Lipinski definition) is 9. The molecule has 0 amide bonds. The minimum Gasteiger partial charge on any atom is -0.375 e. The molecule has 4 aromatic rings. The van der Waals surface area contributed by atoms with E-state index in [-0.39, 0.29) is 16.6 Å². The van der Waals surface area contributed by atoms with Gasteiger partial charge in [-0.2, -0.15) is 4.98 Å². The lowest BCUT2D eigenvalue weighted by atomic mass is 9.91. The number of aromatic nitrogens is 3. The summed E-state index contributed by atoms with van der Waals surface area (Å²) in [5, 5.41) is 4.72. The predicted octanol–water partition coefficient (Wildman–Crippen LogP) is 3.83. The zero-order valence-corrected chi connectivity index (χ0v) is 22.0. The smallest absolute Gasteiger partial charge is 0.228 e. The van der Waals surface area contributed by atoms with E-state index in [9.17, 15) is 0 Å². The molecule has 0 atom stereocenters. The van der Waals surface area contributed by atoms with Crippen LogP contribution in [0.4, 0.5) is 21.3 Å². The summed E-state index contributed by atoms with van der Waals surface area (Å²) in [5.41, 5.74) is 7.80. The van der Waals surface area contributed by atoms with Crippen LogP contribution in [0.5, 0.6) is 0 Å². The van der Waals surface area contributed by atoms with Crippen molar-refractivity contribution < 1.29 is 4.39 Å². The lowest BCUT2D eigenvalue weighted by molar-refractivity contribution is 0.132. The van der Waals surface area contributed by atoms with Crippen molar-refractivity contribution in [1.29, 1.82) is 0 Å². The van der Waals surface area contributed by atoms with Crippen molar-refractivity contribution in [1.82, 2.24) is 25.2 Å². The highest BCUT2D eigenvalue weighted by atomic mass is 35.5. The number of hydrogen-bond donors (Lipinski definition) is 2. The zero-order valence-electron chi connectivity index (χ0n) is 20.5. The van der Waals surface area contributed by atoms with Gasteiger partial charge < -0.3 is 25.8 Å². The van der Waals surface area contributed by atoms with Gasteiger partial charge in [0.1, 0.15) is 11.3 Å². The van der Waals surface area contributed by atoms with Gasteiger partial charge in [-0.05, 0) is 33.2 Å². The number of nitrogens with one attached hydrogen (secondary N) is 1. The van der Waals surface area contributed by atoms with Gasteiger partial charge in [0, 0.05) is 55.8 Å². The number of benzene rings is 2. The molecule has 8 nitrogen and oxygen atoms in total. The zero-order chi connectivity index (χ0) is 25.2. The fourth-order valence-electron chi connectivity index (χ4n) is 5.04. The van der Waals surface area contributed by atoms with Crippen molar-refractivity contribution >= 4 is 61.0 Å². The van der Waals surface area contributed by atoms with Crippen LogP contribution in [0.15, 0.2) is 24.3 Å². The average Bonchev–Trinajstić information content (AvgIpc) is 3.23. The van der Waals surface area contributed by atoms with Crippen LogP contribution in [-0.2, 0) is 0 Å². The summed E-state index contributed by atoms with van der Waals surface area (Å²) in [4.78, 5) is 20.7. The Morgan fingerprint density at radius 1 is 1.11 bits per heavy atom. The van der Waals surface area contributed by atoms with Crippen LogP contribution < -0.4 is 20.9 Å². The summed E-state index contributed by atoms with van der Waals surface area (Å²) in [5.74, 6) is 0.796. The lowest BCUT2D eigenvalue weighted by Crippen LogP contribution is -2.67. The summed E-state index contributed by atoms with van der Waals surface area (Å²) in [6.07, 6.45) is 0. The summed E-state index contributed by atoms with van der Waals surface area (Å²) >= 11 is 8.14. The molecular formula is C25H28ClFN8S. The third-order valence-corrected chi connectivity index (χ3v) is 8.55. The molecule has 0 unspecified atom stereocenters. The maximum atomic E-state index is 16.5. The van der Waals surface area contributed by atoms with Crippen LogP contribution >= 0.6 is 22.9 Å². The number of piperazine rings is 1. The first-order valence-corrected chi connectivity index (χ1v) is 13.2. The number of nitrogens with zero attached hydrogens (tertiary/aromatic N) is 6. The minimum absolute atomic E-state index is 0.0252. The molecule has 2 saturated heterocycles. The van der Waals surface area contributed by atoms with Crippen molar-refractivity contribution in [3.63, 3.8) is 0 Å². The molecule has 0 aliphatic carbocycles. The Morgan fingerprint density at radius 3 is 2.58 bits per heavy atom. The summed E-state index contributed by atoms with van der Waals surface area (Å²) in [6.45, 7) is 6.98. The van der Waals surface area contributed by atoms with Gasteiger partial charge in [-0.3, -0.25) is 0 Å². The van der Waals surface area contributed by atoms with Gasteiger partial charge in [0.25, 0.3) is 0 Å². The van der Waals surface area contributed by atoms with Gasteiger partial charge in [0.15, 0.2) is 10.9 Å². The number of halogens is 2. The van der Waals surface area contributed by atoms with E-state index in [1.165, 1.54) is 11.3 Å². The number of fused-ring (bicyclic) bond motifs is 2. The fraction of sp³-hybridized carbons (Fsp3) is 0.400. The standard InChI is InChI=1S/C25H28ClFN8S/c1-25(33(2)3)12-35(13-25)24-31-21-15(22(32-24)34-9-7-29-8-10-34)11-16(26)18(19(21)27)14-5-4-6-17-20(14)30-23(28)36-17/h4-6,11,29H,7-10,12-13H2,1-3H3,(H2,28,30). The van der Waals surface area contributed by atoms with Crippen molar-refractivity contribution in [3.8, 4) is 11.1 Å². The Kier molecular flexibility index (Phi) is 5.67. The van der Waals surface area contributed by atoms with Crippen molar-refractivity contribution in [3.05, 3.63) is 35.1 Å². The Morgan fingerprint density at radius 2 is 1.86 bits per heavy atom. The molecule has 0 bridgehead atoms. The highest BCUT2D eigenvalue weighted by Crippen LogP contribution is 2.42. The van der Waals surface area contributed by atoms with Gasteiger partial charge in [-0.1, -0.05) is 35.1 Å². The average molecular weight is 527 g/mol. The Labute approximate surface area is 217 Å². The molecule has 2 aromatic heterocycles. The molecule has 188 valence electrons. The number of anilines is 3. The number of nitrogen functional groups attached to an aromatic ring is 1. The van der Waals surface area contributed by atoms with Crippen molar-refractivity contribution in [2.75, 3.05) is 68.9 Å². The normalized spacial score (nSPS) is 17.8. The van der Waals surface area contributed by atoms with E-state index in [0.29, 0.717) is 32.6 Å². The summed E-state index contributed by atoms with van der Waals surface area (Å²) < 4.78 is 17.3. The van der Waals surface area contributed by atoms with E-state index < -0.39 is 5.82 Å². The first-order chi connectivity index (χ1) is 17.2. The van der Waals surface area contributed by atoms with Gasteiger partial charge in [-0.25, -0.2) is 14.4 Å². The maximum Gasteiger partial charge on any atom is 0.228 e. The van der Waals surface area contributed by atoms with Crippen LogP contribution in [0.25, 0.3) is 32.2 Å². The number of thiazole rings is 1. The minimum atomic E-state index is -0.465. The number of rotatable bonds is 4. The predicted molar refractivity (Wildman–Crippen MR) is 147 cm³/mol. The molecule has 0 saturated carbocycles. The second kappa shape index (κ2) is 8.65. The van der Waals surface area contributed by atoms with E-state index in [2.05, 4.69) is 46.0 Å². The molecule has 3 N–H and O–H groups in total. The first-order valence-electron chi connectivity index (χ1n) is 12.0. The molecule has 4 heterocycles. The van der Waals surface area contributed by atoms with Gasteiger partial charge in [0.05, 0.1) is 20.8 Å². The monoisotopic (exact) mass is 526 g/mol. The Bertz CT molecular complexity index is 1480. The largest absolute Gasteiger partial charge is 0.375 e. The molecule has 0 radical (unpaired) electrons. The van der Waals surface area contributed by atoms with Crippen LogP contribution in [0.2, 0.25) is 5.02 Å². The van der Waals surface area contributed by atoms with E-state index in [1.807, 2.05) is 18.2 Å². The Balaban J connectivity index is 1.55. The number of para-hydroxylation sites is 1. The molecule has 2 aromatic carbocycles. The topological polar surface area (TPSA) is 86.4 Å². The molecule has 6 rings (SSSR count). The quantitative estimate of drug-likeness (QED) is 0.415. The third-order valence-electron chi connectivity index (χ3n) is 7.40. The first kappa shape index (κ1) is 23.6. The van der Waals surface area contributed by atoms with Crippen LogP contribution in [0.3, 0.4) is 0 Å². The van der Waals surface area contributed by atoms with E-state index in [1.54, 1.807) is 6.07 Å². The highest BCUT2D eigenvalue weighted by molar-refractivity contribution is 7.22. The van der Waals surface area contributed by atoms with E-state index in [4.69, 9.17) is 27.3 Å². The maximum absolute atomic E-state index is 16.5. The van der Waals surface area contributed by atoms with E-state index >= 15 is 4.39 Å². The van der Waals surface area contributed by atoms with Crippen molar-refractivity contribution in [2.24, 2.45) is 0 Å². The molecule has 11 heteroatoms. The van der Waals surface area contributed by atoms with Gasteiger partial charge in [0.2, 0.25) is 5.95 Å². The van der Waals surface area contributed by atoms with Crippen LogP contribution in [0.1, 0.15) is 6.92 Å². The SMILES string of the molecule is CN(C)C1(C)CN(c2nc(N3CCNCC3)c3cc(Cl)c(-c4cccc5sc(N)nc45)c(F)c3n2)C1.